The molecule has 0 spiro atoms. The molecule has 1 aliphatic carbocycles. The van der Waals surface area contributed by atoms with E-state index in [-0.39, 0.29) is 17.9 Å². The van der Waals surface area contributed by atoms with Crippen LogP contribution in [0.15, 0.2) is 0 Å². The first-order chi connectivity index (χ1) is 12.6. The normalized spacial score (nSPS) is 25.0. The van der Waals surface area contributed by atoms with Crippen molar-refractivity contribution in [3.63, 3.8) is 0 Å². The van der Waals surface area contributed by atoms with Crippen molar-refractivity contribution in [2.24, 2.45) is 5.92 Å². The maximum Gasteiger partial charge on any atom is 0.222 e. The van der Waals surface area contributed by atoms with Crippen molar-refractivity contribution < 1.29 is 14.3 Å². The number of rotatable bonds is 7. The van der Waals surface area contributed by atoms with E-state index < -0.39 is 0 Å². The minimum atomic E-state index is 0.128. The van der Waals surface area contributed by atoms with Gasteiger partial charge in [-0.3, -0.25) is 14.5 Å². The molecule has 2 heterocycles. The van der Waals surface area contributed by atoms with Crippen LogP contribution in [0.5, 0.6) is 0 Å². The first-order valence-electron chi connectivity index (χ1n) is 10.5. The lowest BCUT2D eigenvalue weighted by Crippen LogP contribution is -2.47. The fraction of sp³-hybridized carbons (Fsp3) is 0.900. The van der Waals surface area contributed by atoms with Gasteiger partial charge in [-0.25, -0.2) is 0 Å². The average Bonchev–Trinajstić information content (AvgIpc) is 3.33. The number of morpholine rings is 1. The van der Waals surface area contributed by atoms with E-state index in [1.165, 1.54) is 25.7 Å². The summed E-state index contributed by atoms with van der Waals surface area (Å²) in [5.74, 6) is 1.18. The highest BCUT2D eigenvalue weighted by atomic mass is 16.5. The summed E-state index contributed by atoms with van der Waals surface area (Å²) in [4.78, 5) is 31.0. The number of hydrogen-bond acceptors (Lipinski definition) is 4. The van der Waals surface area contributed by atoms with Crippen LogP contribution in [0.2, 0.25) is 0 Å². The molecule has 2 saturated heterocycles. The summed E-state index contributed by atoms with van der Waals surface area (Å²) >= 11 is 0. The zero-order chi connectivity index (χ0) is 18.4. The predicted molar refractivity (Wildman–Crippen MR) is 101 cm³/mol. The predicted octanol–water partition coefficient (Wildman–Crippen LogP) is 1.74. The minimum absolute atomic E-state index is 0.128. The molecule has 2 amide bonds. The lowest BCUT2D eigenvalue weighted by atomic mass is 10.0. The summed E-state index contributed by atoms with van der Waals surface area (Å²) in [6.45, 7) is 8.29. The molecule has 1 atom stereocenters. The molecule has 26 heavy (non-hydrogen) atoms. The number of hydrogen-bond donors (Lipinski definition) is 0. The first-order valence-corrected chi connectivity index (χ1v) is 10.5. The molecule has 2 aliphatic heterocycles. The number of likely N-dealkylation sites (tertiary alicyclic amines) is 1. The van der Waals surface area contributed by atoms with E-state index in [4.69, 9.17) is 4.74 Å². The highest BCUT2D eigenvalue weighted by molar-refractivity contribution is 5.77. The number of carbonyl (C=O) groups excluding carboxylic acids is 2. The monoisotopic (exact) mass is 365 g/mol. The zero-order valence-electron chi connectivity index (χ0n) is 16.3. The van der Waals surface area contributed by atoms with E-state index in [0.29, 0.717) is 13.0 Å². The molecule has 148 valence electrons. The van der Waals surface area contributed by atoms with Gasteiger partial charge in [-0.15, -0.1) is 0 Å². The van der Waals surface area contributed by atoms with Crippen LogP contribution in [0.1, 0.15) is 51.9 Å². The van der Waals surface area contributed by atoms with Gasteiger partial charge in [0.05, 0.1) is 19.3 Å². The van der Waals surface area contributed by atoms with Crippen molar-refractivity contribution >= 4 is 11.8 Å². The van der Waals surface area contributed by atoms with Crippen LogP contribution < -0.4 is 0 Å². The fourth-order valence-electron chi connectivity index (χ4n) is 4.68. The Hall–Kier alpha value is -1.14. The van der Waals surface area contributed by atoms with Crippen LogP contribution in [0.4, 0.5) is 0 Å². The Kier molecular flexibility index (Phi) is 7.32. The Morgan fingerprint density at radius 1 is 1.08 bits per heavy atom. The van der Waals surface area contributed by atoms with Crippen molar-refractivity contribution in [2.75, 3.05) is 52.5 Å². The molecule has 3 fully saturated rings. The van der Waals surface area contributed by atoms with Crippen molar-refractivity contribution in [1.29, 1.82) is 0 Å². The standard InChI is InChI=1S/C20H35N3O3/c1-17(24)23(11-10-21-12-14-26-15-13-21)19-8-9-22(16-19)20(25)7-6-18-4-2-3-5-18/h18-19H,2-16H2,1H3. The number of carbonyl (C=O) groups is 2. The SMILES string of the molecule is CC(=O)N(CCN1CCOCC1)C1CCN(C(=O)CCC2CCCC2)C1. The molecule has 6 nitrogen and oxygen atoms in total. The van der Waals surface area contributed by atoms with Crippen molar-refractivity contribution in [3.05, 3.63) is 0 Å². The number of nitrogens with zero attached hydrogens (tertiary/aromatic N) is 3. The molecule has 0 N–H and O–H groups in total. The van der Waals surface area contributed by atoms with Gasteiger partial charge < -0.3 is 14.5 Å². The fourth-order valence-corrected chi connectivity index (χ4v) is 4.68. The maximum absolute atomic E-state index is 12.5. The number of amides is 2. The van der Waals surface area contributed by atoms with Gasteiger partial charge in [0, 0.05) is 52.6 Å². The summed E-state index contributed by atoms with van der Waals surface area (Å²) in [6.07, 6.45) is 7.92. The van der Waals surface area contributed by atoms with Crippen LogP contribution in [-0.2, 0) is 14.3 Å². The third kappa shape index (κ3) is 5.43. The Morgan fingerprint density at radius 2 is 1.81 bits per heavy atom. The molecule has 0 aromatic rings. The second-order valence-corrected chi connectivity index (χ2v) is 8.14. The maximum atomic E-state index is 12.5. The molecular formula is C20H35N3O3. The summed E-state index contributed by atoms with van der Waals surface area (Å²) in [6, 6.07) is 0.184. The van der Waals surface area contributed by atoms with E-state index in [2.05, 4.69) is 4.90 Å². The van der Waals surface area contributed by atoms with Gasteiger partial charge in [-0.1, -0.05) is 25.7 Å². The Bertz CT molecular complexity index is 473. The molecule has 0 bridgehead atoms. The topological polar surface area (TPSA) is 53.1 Å². The van der Waals surface area contributed by atoms with Gasteiger partial charge in [0.15, 0.2) is 0 Å². The summed E-state index contributed by atoms with van der Waals surface area (Å²) in [5.41, 5.74) is 0. The zero-order valence-corrected chi connectivity index (χ0v) is 16.3. The van der Waals surface area contributed by atoms with Crippen molar-refractivity contribution in [1.82, 2.24) is 14.7 Å². The number of ether oxygens (including phenoxy) is 1. The summed E-state index contributed by atoms with van der Waals surface area (Å²) in [7, 11) is 0. The molecule has 0 radical (unpaired) electrons. The lowest BCUT2D eigenvalue weighted by molar-refractivity contribution is -0.134. The second-order valence-electron chi connectivity index (χ2n) is 8.14. The molecule has 1 unspecified atom stereocenters. The molecule has 3 aliphatic rings. The molecule has 3 rings (SSSR count). The molecule has 6 heteroatoms. The van der Waals surface area contributed by atoms with Crippen molar-refractivity contribution in [2.45, 2.75) is 57.9 Å². The van der Waals surface area contributed by atoms with E-state index >= 15 is 0 Å². The second kappa shape index (κ2) is 9.70. The van der Waals surface area contributed by atoms with Crippen LogP contribution >= 0.6 is 0 Å². The Balaban J connectivity index is 1.43. The summed E-state index contributed by atoms with van der Waals surface area (Å²) < 4.78 is 5.39. The highest BCUT2D eigenvalue weighted by Gasteiger charge is 2.32. The van der Waals surface area contributed by atoms with E-state index in [1.54, 1.807) is 6.92 Å². The Labute approximate surface area is 157 Å². The third-order valence-electron chi connectivity index (χ3n) is 6.36. The molecular weight excluding hydrogens is 330 g/mol. The summed E-state index contributed by atoms with van der Waals surface area (Å²) in [5, 5.41) is 0. The molecule has 1 saturated carbocycles. The van der Waals surface area contributed by atoms with Gasteiger partial charge in [0.2, 0.25) is 11.8 Å². The van der Waals surface area contributed by atoms with E-state index in [9.17, 15) is 9.59 Å². The van der Waals surface area contributed by atoms with Gasteiger partial charge in [0.1, 0.15) is 0 Å². The van der Waals surface area contributed by atoms with Crippen LogP contribution in [0, 0.1) is 5.92 Å². The lowest BCUT2D eigenvalue weighted by Gasteiger charge is -2.32. The smallest absolute Gasteiger partial charge is 0.222 e. The van der Waals surface area contributed by atoms with Crippen molar-refractivity contribution in [3.8, 4) is 0 Å². The third-order valence-corrected chi connectivity index (χ3v) is 6.36. The molecule has 0 aromatic heterocycles. The van der Waals surface area contributed by atoms with Gasteiger partial charge in [-0.05, 0) is 18.8 Å². The van der Waals surface area contributed by atoms with Gasteiger partial charge in [0.25, 0.3) is 0 Å². The van der Waals surface area contributed by atoms with Crippen LogP contribution in [-0.4, -0.2) is 85.0 Å². The quantitative estimate of drug-likeness (QED) is 0.690. The van der Waals surface area contributed by atoms with E-state index in [1.807, 2.05) is 9.80 Å². The highest BCUT2D eigenvalue weighted by Crippen LogP contribution is 2.29. The van der Waals surface area contributed by atoms with Crippen LogP contribution in [0.25, 0.3) is 0 Å². The van der Waals surface area contributed by atoms with Crippen LogP contribution in [0.3, 0.4) is 0 Å². The van der Waals surface area contributed by atoms with Gasteiger partial charge >= 0.3 is 0 Å². The average molecular weight is 366 g/mol. The first kappa shape index (κ1) is 19.6. The molecule has 0 aromatic carbocycles. The minimum Gasteiger partial charge on any atom is -0.379 e. The van der Waals surface area contributed by atoms with Gasteiger partial charge in [-0.2, -0.15) is 0 Å². The largest absolute Gasteiger partial charge is 0.379 e. The van der Waals surface area contributed by atoms with E-state index in [0.717, 1.165) is 64.7 Å². The Morgan fingerprint density at radius 3 is 2.50 bits per heavy atom.